The van der Waals surface area contributed by atoms with Crippen LogP contribution in [-0.4, -0.2) is 59.9 Å². The number of fused-ring (bicyclic) bond motifs is 1. The lowest BCUT2D eigenvalue weighted by molar-refractivity contribution is -0.136. The van der Waals surface area contributed by atoms with Crippen LogP contribution in [0, 0.1) is 0 Å². The fourth-order valence-electron chi connectivity index (χ4n) is 4.40. The van der Waals surface area contributed by atoms with Gasteiger partial charge in [-0.25, -0.2) is 0 Å². The summed E-state index contributed by atoms with van der Waals surface area (Å²) < 4.78 is 36.2. The van der Waals surface area contributed by atoms with Gasteiger partial charge in [-0.15, -0.1) is 0 Å². The van der Waals surface area contributed by atoms with Crippen LogP contribution in [0.25, 0.3) is 0 Å². The van der Waals surface area contributed by atoms with Crippen molar-refractivity contribution in [3.63, 3.8) is 0 Å². The van der Waals surface area contributed by atoms with Crippen LogP contribution in [-0.2, 0) is 34.0 Å². The predicted molar refractivity (Wildman–Crippen MR) is 119 cm³/mol. The maximum absolute atomic E-state index is 13.2. The van der Waals surface area contributed by atoms with E-state index in [4.69, 9.17) is 13.6 Å². The second-order valence-corrected chi connectivity index (χ2v) is 8.45. The molecule has 3 heterocycles. The van der Waals surface area contributed by atoms with Crippen molar-refractivity contribution >= 4 is 17.7 Å². The Morgan fingerprint density at radius 3 is 2.61 bits per heavy atom. The van der Waals surface area contributed by atoms with Gasteiger partial charge in [-0.2, -0.15) is 0 Å². The minimum Gasteiger partial charge on any atom is -0.489 e. The molecule has 0 bridgehead atoms. The number of nitrogens with one attached hydrogen (secondary N) is 1. The second kappa shape index (κ2) is 9.33. The van der Waals surface area contributed by atoms with Crippen molar-refractivity contribution in [1.29, 1.82) is 0 Å². The Hall–Kier alpha value is -3.23. The van der Waals surface area contributed by atoms with Gasteiger partial charge < -0.3 is 14.4 Å². The molecule has 0 unspecified atom stereocenters. The number of hydrogen-bond acceptors (Lipinski definition) is 6. The van der Waals surface area contributed by atoms with E-state index in [9.17, 15) is 14.4 Å². The molecule has 0 aliphatic carbocycles. The largest absolute Gasteiger partial charge is 0.489 e. The number of benzene rings is 2. The Balaban J connectivity index is 1.33. The molecule has 2 aromatic carbocycles. The first-order chi connectivity index (χ1) is 17.3. The van der Waals surface area contributed by atoms with E-state index in [-0.39, 0.29) is 55.3 Å². The summed E-state index contributed by atoms with van der Waals surface area (Å²) in [6.07, 6.45) is 0.300. The number of nitrogens with zero attached hydrogens (tertiary/aromatic N) is 2. The summed E-state index contributed by atoms with van der Waals surface area (Å²) in [4.78, 5) is 40.7. The summed E-state index contributed by atoms with van der Waals surface area (Å²) in [5, 5.41) is 2.25. The van der Waals surface area contributed by atoms with Crippen LogP contribution in [0.1, 0.15) is 44.0 Å². The number of carbonyl (C=O) groups is 3. The molecule has 5 rings (SSSR count). The molecule has 3 aliphatic heterocycles. The molecule has 0 aromatic heterocycles. The van der Waals surface area contributed by atoms with E-state index in [1.807, 2.05) is 24.3 Å². The average Bonchev–Trinajstić information content (AvgIpc) is 3.21. The van der Waals surface area contributed by atoms with Crippen LogP contribution in [0.3, 0.4) is 0 Å². The highest BCUT2D eigenvalue weighted by atomic mass is 16.5. The van der Waals surface area contributed by atoms with Crippen molar-refractivity contribution in [2.75, 3.05) is 26.3 Å². The number of hydrogen-bond donors (Lipinski definition) is 1. The quantitative estimate of drug-likeness (QED) is 0.674. The summed E-state index contributed by atoms with van der Waals surface area (Å²) in [5.74, 6) is -1.43. The van der Waals surface area contributed by atoms with Crippen LogP contribution in [0.4, 0.5) is 0 Å². The van der Waals surface area contributed by atoms with Gasteiger partial charge in [0.15, 0.2) is 0 Å². The fourth-order valence-corrected chi connectivity index (χ4v) is 4.40. The van der Waals surface area contributed by atoms with E-state index in [2.05, 4.69) is 10.2 Å². The number of morpholine rings is 1. The van der Waals surface area contributed by atoms with Gasteiger partial charge >= 0.3 is 0 Å². The molecule has 8 heteroatoms. The van der Waals surface area contributed by atoms with Crippen molar-refractivity contribution in [2.45, 2.75) is 38.6 Å². The summed E-state index contributed by atoms with van der Waals surface area (Å²) in [6.45, 7) is 4.22. The van der Waals surface area contributed by atoms with Gasteiger partial charge in [-0.3, -0.25) is 24.6 Å². The lowest BCUT2D eigenvalue weighted by Crippen LogP contribution is -2.52. The SMILES string of the molecule is [2H]c1c([2H])c(OCc2ccc(CN3CCOCC3)cc2)c2c(c1[2H])C(=O)N([C@@H]1CCC(=O)NC1=O)C2. The lowest BCUT2D eigenvalue weighted by Gasteiger charge is -2.29. The van der Waals surface area contributed by atoms with E-state index in [0.29, 0.717) is 5.56 Å². The molecule has 2 fully saturated rings. The molecule has 3 aliphatic rings. The number of amides is 3. The molecule has 1 atom stereocenters. The standard InChI is InChI=1S/C25H27N3O5/c29-23-9-8-21(24(30)26-23)28-15-20-19(25(28)31)2-1-3-22(20)33-16-18-6-4-17(5-7-18)14-27-10-12-32-13-11-27/h1-7,21H,8-16H2,(H,26,29,30)/t21-/m1/s1/i1D,2D,3D. The van der Waals surface area contributed by atoms with Gasteiger partial charge in [0.2, 0.25) is 11.8 Å². The van der Waals surface area contributed by atoms with Crippen molar-refractivity contribution < 1.29 is 28.0 Å². The zero-order valence-electron chi connectivity index (χ0n) is 21.2. The summed E-state index contributed by atoms with van der Waals surface area (Å²) in [7, 11) is 0. The lowest BCUT2D eigenvalue weighted by atomic mass is 10.0. The first-order valence-corrected chi connectivity index (χ1v) is 11.1. The van der Waals surface area contributed by atoms with Gasteiger partial charge in [0.05, 0.1) is 23.9 Å². The molecule has 0 saturated carbocycles. The predicted octanol–water partition coefficient (Wildman–Crippen LogP) is 1.86. The van der Waals surface area contributed by atoms with E-state index in [1.54, 1.807) is 0 Å². The van der Waals surface area contributed by atoms with Gasteiger partial charge in [-0.05, 0) is 29.6 Å². The molecule has 8 nitrogen and oxygen atoms in total. The van der Waals surface area contributed by atoms with E-state index >= 15 is 0 Å². The number of ether oxygens (including phenoxy) is 2. The third-order valence-electron chi connectivity index (χ3n) is 6.24. The minimum absolute atomic E-state index is 0.0171. The Morgan fingerprint density at radius 1 is 1.09 bits per heavy atom. The number of carbonyl (C=O) groups excluding carboxylic acids is 3. The molecule has 2 saturated heterocycles. The number of rotatable bonds is 6. The Kier molecular flexibility index (Phi) is 5.15. The third kappa shape index (κ3) is 4.62. The van der Waals surface area contributed by atoms with Crippen LogP contribution in [0.2, 0.25) is 0 Å². The molecule has 3 amide bonds. The zero-order valence-corrected chi connectivity index (χ0v) is 18.2. The number of piperidine rings is 1. The first kappa shape index (κ1) is 18.2. The summed E-state index contributed by atoms with van der Waals surface area (Å²) in [5.41, 5.74) is 2.35. The highest BCUT2D eigenvalue weighted by molar-refractivity contribution is 6.05. The van der Waals surface area contributed by atoms with E-state index in [0.717, 1.165) is 38.4 Å². The van der Waals surface area contributed by atoms with Gasteiger partial charge in [0, 0.05) is 37.2 Å². The van der Waals surface area contributed by atoms with Gasteiger partial charge in [0.25, 0.3) is 5.91 Å². The van der Waals surface area contributed by atoms with Crippen LogP contribution >= 0.6 is 0 Å². The second-order valence-electron chi connectivity index (χ2n) is 8.45. The monoisotopic (exact) mass is 452 g/mol. The fraction of sp³-hybridized carbons (Fsp3) is 0.400. The Morgan fingerprint density at radius 2 is 1.85 bits per heavy atom. The maximum atomic E-state index is 13.2. The molecule has 0 radical (unpaired) electrons. The topological polar surface area (TPSA) is 88.2 Å². The molecular weight excluding hydrogens is 422 g/mol. The van der Waals surface area contributed by atoms with Gasteiger partial charge in [-0.1, -0.05) is 30.3 Å². The molecule has 172 valence electrons. The molecule has 0 spiro atoms. The van der Waals surface area contributed by atoms with Crippen molar-refractivity contribution in [3.05, 3.63) is 64.6 Å². The van der Waals surface area contributed by atoms with Crippen molar-refractivity contribution in [2.24, 2.45) is 0 Å². The zero-order chi connectivity index (χ0) is 25.4. The van der Waals surface area contributed by atoms with Crippen LogP contribution < -0.4 is 10.1 Å². The molecule has 33 heavy (non-hydrogen) atoms. The summed E-state index contributed by atoms with van der Waals surface area (Å²) in [6, 6.07) is 6.08. The molecule has 2 aromatic rings. The third-order valence-corrected chi connectivity index (χ3v) is 6.24. The van der Waals surface area contributed by atoms with Crippen molar-refractivity contribution in [3.8, 4) is 5.75 Å². The molecule has 1 N–H and O–H groups in total. The highest BCUT2D eigenvalue weighted by Gasteiger charge is 2.40. The summed E-state index contributed by atoms with van der Waals surface area (Å²) >= 11 is 0. The average molecular weight is 453 g/mol. The van der Waals surface area contributed by atoms with Crippen molar-refractivity contribution in [1.82, 2.24) is 15.1 Å². The number of imide groups is 1. The smallest absolute Gasteiger partial charge is 0.255 e. The van der Waals surface area contributed by atoms with Crippen LogP contribution in [0.5, 0.6) is 5.75 Å². The highest BCUT2D eigenvalue weighted by Crippen LogP contribution is 2.34. The first-order valence-electron chi connectivity index (χ1n) is 12.6. The Bertz CT molecular complexity index is 1210. The van der Waals surface area contributed by atoms with Gasteiger partial charge in [0.1, 0.15) is 18.4 Å². The molecular formula is C25H27N3O5. The minimum atomic E-state index is -0.850. The van der Waals surface area contributed by atoms with Crippen LogP contribution in [0.15, 0.2) is 42.4 Å². The Labute approximate surface area is 196 Å². The van der Waals surface area contributed by atoms with E-state index in [1.165, 1.54) is 10.5 Å². The normalized spacial score (nSPS) is 22.4. The van der Waals surface area contributed by atoms with E-state index < -0.39 is 23.9 Å². The maximum Gasteiger partial charge on any atom is 0.255 e.